The van der Waals surface area contributed by atoms with Gasteiger partial charge in [0.05, 0.1) is 6.54 Å². The van der Waals surface area contributed by atoms with Crippen molar-refractivity contribution < 1.29 is 14.6 Å². The third kappa shape index (κ3) is 3.64. The van der Waals surface area contributed by atoms with Crippen molar-refractivity contribution in [2.24, 2.45) is 0 Å². The lowest BCUT2D eigenvalue weighted by Crippen LogP contribution is -2.29. The summed E-state index contributed by atoms with van der Waals surface area (Å²) in [6.45, 7) is 2.27. The molecule has 0 aliphatic heterocycles. The molecule has 21 heavy (non-hydrogen) atoms. The van der Waals surface area contributed by atoms with Gasteiger partial charge in [-0.25, -0.2) is 4.79 Å². The summed E-state index contributed by atoms with van der Waals surface area (Å²) < 4.78 is 6.90. The molecule has 1 heterocycles. The number of pyridine rings is 1. The van der Waals surface area contributed by atoms with E-state index in [9.17, 15) is 9.59 Å². The average Bonchev–Trinajstić information content (AvgIpc) is 2.44. The molecule has 0 spiro atoms. The first-order valence-electron chi connectivity index (χ1n) is 6.31. The molecular weight excluding hydrogens is 294 g/mol. The van der Waals surface area contributed by atoms with Gasteiger partial charge in [0.15, 0.2) is 0 Å². The number of carbonyl (C=O) groups is 1. The summed E-state index contributed by atoms with van der Waals surface area (Å²) in [7, 11) is 0. The van der Waals surface area contributed by atoms with E-state index in [0.29, 0.717) is 16.5 Å². The van der Waals surface area contributed by atoms with E-state index in [0.717, 1.165) is 0 Å². The van der Waals surface area contributed by atoms with Gasteiger partial charge in [-0.15, -0.1) is 0 Å². The predicted molar refractivity (Wildman–Crippen MR) is 79.3 cm³/mol. The Balaban J connectivity index is 2.09. The monoisotopic (exact) mass is 307 g/mol. The molecule has 0 aliphatic rings. The van der Waals surface area contributed by atoms with E-state index < -0.39 is 11.5 Å². The minimum atomic E-state index is -1.23. The first kappa shape index (κ1) is 15.1. The molecule has 1 aromatic heterocycles. The lowest BCUT2D eigenvalue weighted by molar-refractivity contribution is 0.0694. The van der Waals surface area contributed by atoms with Crippen LogP contribution in [0.15, 0.2) is 41.2 Å². The summed E-state index contributed by atoms with van der Waals surface area (Å²) in [4.78, 5) is 23.0. The minimum absolute atomic E-state index is 0.243. The zero-order valence-electron chi connectivity index (χ0n) is 11.4. The number of halogens is 1. The van der Waals surface area contributed by atoms with Gasteiger partial charge in [-0.05, 0) is 43.3 Å². The highest BCUT2D eigenvalue weighted by Gasteiger charge is 2.12. The molecule has 0 amide bonds. The quantitative estimate of drug-likeness (QED) is 0.922. The Morgan fingerprint density at radius 2 is 1.90 bits per heavy atom. The van der Waals surface area contributed by atoms with E-state index in [2.05, 4.69) is 0 Å². The van der Waals surface area contributed by atoms with Gasteiger partial charge in [-0.2, -0.15) is 0 Å². The largest absolute Gasteiger partial charge is 0.492 e. The first-order valence-corrected chi connectivity index (χ1v) is 6.69. The Bertz CT molecular complexity index is 707. The summed E-state index contributed by atoms with van der Waals surface area (Å²) in [6.07, 6.45) is 0. The van der Waals surface area contributed by atoms with Crippen molar-refractivity contribution in [3.05, 3.63) is 63.0 Å². The highest BCUT2D eigenvalue weighted by atomic mass is 35.5. The maximum atomic E-state index is 12.0. The SMILES string of the molecule is Cc1ccc(C(=O)O)c(=O)n1CCOc1ccc(Cl)cc1. The van der Waals surface area contributed by atoms with Gasteiger partial charge >= 0.3 is 5.97 Å². The number of aryl methyl sites for hydroxylation is 1. The summed E-state index contributed by atoms with van der Waals surface area (Å²) in [5.41, 5.74) is -0.0843. The van der Waals surface area contributed by atoms with Crippen LogP contribution in [0, 0.1) is 6.92 Å². The van der Waals surface area contributed by atoms with Gasteiger partial charge in [0.1, 0.15) is 17.9 Å². The summed E-state index contributed by atoms with van der Waals surface area (Å²) in [6, 6.07) is 9.79. The number of carboxylic acid groups (broad SMARTS) is 1. The molecule has 0 saturated carbocycles. The van der Waals surface area contributed by atoms with E-state index in [1.165, 1.54) is 10.6 Å². The highest BCUT2D eigenvalue weighted by Crippen LogP contribution is 2.15. The van der Waals surface area contributed by atoms with E-state index in [4.69, 9.17) is 21.4 Å². The molecule has 5 nitrogen and oxygen atoms in total. The number of carboxylic acids is 1. The molecule has 0 bridgehead atoms. The van der Waals surface area contributed by atoms with Gasteiger partial charge in [0.2, 0.25) is 0 Å². The van der Waals surface area contributed by atoms with Gasteiger partial charge in [-0.1, -0.05) is 11.6 Å². The lowest BCUT2D eigenvalue weighted by Gasteiger charge is -2.12. The van der Waals surface area contributed by atoms with Crippen LogP contribution in [-0.2, 0) is 6.54 Å². The Hall–Kier alpha value is -2.27. The van der Waals surface area contributed by atoms with Gasteiger partial charge in [0, 0.05) is 10.7 Å². The minimum Gasteiger partial charge on any atom is -0.492 e. The maximum Gasteiger partial charge on any atom is 0.341 e. The van der Waals surface area contributed by atoms with Crippen molar-refractivity contribution in [1.82, 2.24) is 4.57 Å². The molecule has 1 aromatic carbocycles. The Morgan fingerprint density at radius 3 is 2.52 bits per heavy atom. The van der Waals surface area contributed by atoms with Crippen molar-refractivity contribution in [3.8, 4) is 5.75 Å². The molecule has 0 saturated heterocycles. The van der Waals surface area contributed by atoms with Crippen molar-refractivity contribution >= 4 is 17.6 Å². The van der Waals surface area contributed by atoms with Gasteiger partial charge < -0.3 is 14.4 Å². The Morgan fingerprint density at radius 1 is 1.24 bits per heavy atom. The van der Waals surface area contributed by atoms with E-state index in [1.54, 1.807) is 37.3 Å². The molecule has 0 fully saturated rings. The third-order valence-electron chi connectivity index (χ3n) is 3.02. The second-order valence-corrected chi connectivity index (χ2v) is 4.89. The summed E-state index contributed by atoms with van der Waals surface area (Å²) in [5.74, 6) is -0.591. The van der Waals surface area contributed by atoms with E-state index >= 15 is 0 Å². The van der Waals surface area contributed by atoms with Crippen LogP contribution in [0.5, 0.6) is 5.75 Å². The normalized spacial score (nSPS) is 10.4. The fourth-order valence-corrected chi connectivity index (χ4v) is 2.02. The van der Waals surface area contributed by atoms with E-state index in [1.807, 2.05) is 0 Å². The van der Waals surface area contributed by atoms with Crippen LogP contribution >= 0.6 is 11.6 Å². The first-order chi connectivity index (χ1) is 9.99. The smallest absolute Gasteiger partial charge is 0.341 e. The number of benzene rings is 1. The number of hydrogen-bond donors (Lipinski definition) is 1. The molecule has 0 radical (unpaired) electrons. The third-order valence-corrected chi connectivity index (χ3v) is 3.27. The number of aromatic carboxylic acids is 1. The molecule has 0 unspecified atom stereocenters. The zero-order valence-corrected chi connectivity index (χ0v) is 12.1. The number of aromatic nitrogens is 1. The molecule has 2 aromatic rings. The molecule has 2 rings (SSSR count). The van der Waals surface area contributed by atoms with Crippen LogP contribution in [0.2, 0.25) is 5.02 Å². The van der Waals surface area contributed by atoms with Crippen LogP contribution in [0.25, 0.3) is 0 Å². The number of hydrogen-bond acceptors (Lipinski definition) is 3. The fourth-order valence-electron chi connectivity index (χ4n) is 1.90. The van der Waals surface area contributed by atoms with Crippen LogP contribution in [-0.4, -0.2) is 22.2 Å². The maximum absolute atomic E-state index is 12.0. The highest BCUT2D eigenvalue weighted by molar-refractivity contribution is 6.30. The van der Waals surface area contributed by atoms with Crippen molar-refractivity contribution in [1.29, 1.82) is 0 Å². The van der Waals surface area contributed by atoms with E-state index in [-0.39, 0.29) is 18.7 Å². The Labute approximate surface area is 126 Å². The topological polar surface area (TPSA) is 68.5 Å². The molecule has 1 N–H and O–H groups in total. The van der Waals surface area contributed by atoms with Crippen molar-refractivity contribution in [2.75, 3.05) is 6.61 Å². The standard InChI is InChI=1S/C15H14ClNO4/c1-10-2-7-13(15(19)20)14(18)17(10)8-9-21-12-5-3-11(16)4-6-12/h2-7H,8-9H2,1H3,(H,19,20). The average molecular weight is 308 g/mol. The number of nitrogens with zero attached hydrogens (tertiary/aromatic N) is 1. The predicted octanol–water partition coefficient (Wildman–Crippen LogP) is 2.59. The van der Waals surface area contributed by atoms with Crippen LogP contribution < -0.4 is 10.3 Å². The van der Waals surface area contributed by atoms with Crippen LogP contribution in [0.1, 0.15) is 16.1 Å². The second kappa shape index (κ2) is 6.45. The summed E-state index contributed by atoms with van der Waals surface area (Å²) in [5, 5.41) is 9.57. The number of rotatable bonds is 5. The van der Waals surface area contributed by atoms with Crippen molar-refractivity contribution in [2.45, 2.75) is 13.5 Å². The second-order valence-electron chi connectivity index (χ2n) is 4.45. The van der Waals surface area contributed by atoms with Gasteiger partial charge in [-0.3, -0.25) is 4.79 Å². The zero-order chi connectivity index (χ0) is 15.4. The van der Waals surface area contributed by atoms with Crippen LogP contribution in [0.4, 0.5) is 0 Å². The Kier molecular flexibility index (Phi) is 4.65. The lowest BCUT2D eigenvalue weighted by atomic mass is 10.2. The molecule has 110 valence electrons. The molecule has 0 atom stereocenters. The fraction of sp³-hybridized carbons (Fsp3) is 0.200. The summed E-state index contributed by atoms with van der Waals surface area (Å²) >= 11 is 5.77. The molecular formula is C15H14ClNO4. The van der Waals surface area contributed by atoms with Gasteiger partial charge in [0.25, 0.3) is 5.56 Å². The molecule has 6 heteroatoms. The van der Waals surface area contributed by atoms with Crippen molar-refractivity contribution in [3.63, 3.8) is 0 Å². The number of ether oxygens (including phenoxy) is 1. The molecule has 0 aliphatic carbocycles. The van der Waals surface area contributed by atoms with Crippen LogP contribution in [0.3, 0.4) is 0 Å².